The van der Waals surface area contributed by atoms with Crippen molar-refractivity contribution in [1.29, 1.82) is 0 Å². The van der Waals surface area contributed by atoms with Crippen LogP contribution in [0.1, 0.15) is 18.0 Å². The maximum Gasteiger partial charge on any atom is 0.305 e. The van der Waals surface area contributed by atoms with Crippen molar-refractivity contribution in [2.24, 2.45) is 5.73 Å². The Bertz CT molecular complexity index is 1070. The molecule has 0 saturated heterocycles. The van der Waals surface area contributed by atoms with Crippen LogP contribution in [0, 0.1) is 0 Å². The molecule has 3 N–H and O–H groups in total. The van der Waals surface area contributed by atoms with Crippen molar-refractivity contribution in [3.8, 4) is 0 Å². The molecule has 4 nitrogen and oxygen atoms in total. The molecule has 0 spiro atoms. The van der Waals surface area contributed by atoms with Crippen molar-refractivity contribution >= 4 is 39.3 Å². The van der Waals surface area contributed by atoms with E-state index in [9.17, 15) is 9.90 Å². The van der Waals surface area contributed by atoms with E-state index in [1.165, 1.54) is 0 Å². The van der Waals surface area contributed by atoms with Gasteiger partial charge >= 0.3 is 5.97 Å². The lowest BCUT2D eigenvalue weighted by molar-refractivity contribution is -0.137. The highest BCUT2D eigenvalue weighted by molar-refractivity contribution is 7.99. The number of benzene rings is 3. The average Bonchev–Trinajstić information content (AvgIpc) is 2.68. The van der Waals surface area contributed by atoms with Gasteiger partial charge in [-0.3, -0.25) is 4.79 Å². The standard InChI is InChI=1S/C22H18N2O2S/c23-18(13-20(25)26)21-14-7-1-3-9-16(14)22(17-10-4-2-8-15(17)21)27-19-11-5-6-12-24-19/h1-12,18H,13,23H2,(H,25,26). The summed E-state index contributed by atoms with van der Waals surface area (Å²) in [5.41, 5.74) is 7.21. The summed E-state index contributed by atoms with van der Waals surface area (Å²) in [6, 6.07) is 21.3. The van der Waals surface area contributed by atoms with Crippen LogP contribution in [0.5, 0.6) is 0 Å². The van der Waals surface area contributed by atoms with Crippen molar-refractivity contribution in [2.45, 2.75) is 22.4 Å². The molecule has 0 aliphatic carbocycles. The first-order valence-electron chi connectivity index (χ1n) is 8.64. The number of pyridine rings is 1. The number of rotatable bonds is 5. The minimum atomic E-state index is -0.900. The molecule has 0 saturated carbocycles. The first-order valence-corrected chi connectivity index (χ1v) is 9.46. The molecule has 0 amide bonds. The molecule has 4 rings (SSSR count). The van der Waals surface area contributed by atoms with Crippen molar-refractivity contribution in [1.82, 2.24) is 4.98 Å². The van der Waals surface area contributed by atoms with Crippen LogP contribution in [0.25, 0.3) is 21.5 Å². The minimum absolute atomic E-state index is 0.110. The van der Waals surface area contributed by atoms with Gasteiger partial charge in [-0.15, -0.1) is 0 Å². The molecule has 1 aromatic heterocycles. The van der Waals surface area contributed by atoms with Crippen LogP contribution in [0.4, 0.5) is 0 Å². The largest absolute Gasteiger partial charge is 0.481 e. The molecular formula is C22H18N2O2S. The summed E-state index contributed by atoms with van der Waals surface area (Å²) in [6.07, 6.45) is 1.67. The number of nitrogens with two attached hydrogens (primary N) is 1. The van der Waals surface area contributed by atoms with Crippen molar-refractivity contribution in [3.05, 3.63) is 78.5 Å². The number of hydrogen-bond acceptors (Lipinski definition) is 4. The third-order valence-corrected chi connectivity index (χ3v) is 5.63. The first kappa shape index (κ1) is 17.5. The Morgan fingerprint density at radius 1 is 0.926 bits per heavy atom. The van der Waals surface area contributed by atoms with Gasteiger partial charge in [-0.1, -0.05) is 66.4 Å². The maximum atomic E-state index is 11.3. The van der Waals surface area contributed by atoms with E-state index < -0.39 is 12.0 Å². The number of carboxylic acid groups (broad SMARTS) is 1. The lowest BCUT2D eigenvalue weighted by atomic mass is 9.91. The van der Waals surface area contributed by atoms with Gasteiger partial charge in [-0.25, -0.2) is 4.98 Å². The molecule has 1 heterocycles. The molecule has 0 bridgehead atoms. The molecule has 0 fully saturated rings. The number of hydrogen-bond donors (Lipinski definition) is 2. The Labute approximate surface area is 161 Å². The fraction of sp³-hybridized carbons (Fsp3) is 0.0909. The second-order valence-electron chi connectivity index (χ2n) is 6.31. The van der Waals surface area contributed by atoms with Gasteiger partial charge in [0.1, 0.15) is 5.03 Å². The van der Waals surface area contributed by atoms with E-state index in [-0.39, 0.29) is 6.42 Å². The Balaban J connectivity index is 2.02. The molecule has 1 atom stereocenters. The SMILES string of the molecule is NC(CC(=O)O)c1c2ccccc2c(Sc2ccccn2)c2ccccc12. The maximum absolute atomic E-state index is 11.3. The third-order valence-electron chi connectivity index (χ3n) is 4.53. The van der Waals surface area contributed by atoms with Crippen LogP contribution >= 0.6 is 11.8 Å². The number of carbonyl (C=O) groups is 1. The van der Waals surface area contributed by atoms with E-state index in [4.69, 9.17) is 5.73 Å². The number of carboxylic acids is 1. The molecule has 3 aromatic carbocycles. The zero-order chi connectivity index (χ0) is 18.8. The van der Waals surface area contributed by atoms with Crippen LogP contribution in [0.2, 0.25) is 0 Å². The smallest absolute Gasteiger partial charge is 0.305 e. The van der Waals surface area contributed by atoms with Gasteiger partial charge in [0.05, 0.1) is 6.42 Å². The summed E-state index contributed by atoms with van der Waals surface area (Å²) in [5, 5.41) is 14.3. The van der Waals surface area contributed by atoms with Gasteiger partial charge in [0.2, 0.25) is 0 Å². The van der Waals surface area contributed by atoms with Crippen LogP contribution in [0.15, 0.2) is 82.8 Å². The van der Waals surface area contributed by atoms with Gasteiger partial charge in [-0.2, -0.15) is 0 Å². The van der Waals surface area contributed by atoms with Crippen LogP contribution in [-0.2, 0) is 4.79 Å². The average molecular weight is 374 g/mol. The van der Waals surface area contributed by atoms with E-state index in [0.717, 1.165) is 37.0 Å². The fourth-order valence-corrected chi connectivity index (χ4v) is 4.48. The fourth-order valence-electron chi connectivity index (χ4n) is 3.43. The predicted octanol–water partition coefficient (Wildman–Crippen LogP) is 5.01. The monoisotopic (exact) mass is 374 g/mol. The molecule has 0 aliphatic heterocycles. The second-order valence-corrected chi connectivity index (χ2v) is 7.34. The Morgan fingerprint density at radius 2 is 1.48 bits per heavy atom. The van der Waals surface area contributed by atoms with E-state index in [2.05, 4.69) is 17.1 Å². The highest BCUT2D eigenvalue weighted by Crippen LogP contribution is 2.42. The summed E-state index contributed by atoms with van der Waals surface area (Å²) >= 11 is 1.61. The molecule has 5 heteroatoms. The van der Waals surface area contributed by atoms with Gasteiger partial charge in [0, 0.05) is 17.1 Å². The molecule has 134 valence electrons. The van der Waals surface area contributed by atoms with Gasteiger partial charge in [0.15, 0.2) is 0 Å². The topological polar surface area (TPSA) is 76.2 Å². The highest BCUT2D eigenvalue weighted by Gasteiger charge is 2.20. The number of nitrogens with zero attached hydrogens (tertiary/aromatic N) is 1. The zero-order valence-electron chi connectivity index (χ0n) is 14.5. The Hall–Kier alpha value is -2.89. The number of fused-ring (bicyclic) bond motifs is 2. The normalized spacial score (nSPS) is 12.3. The van der Waals surface area contributed by atoms with Gasteiger partial charge in [-0.05, 0) is 39.2 Å². The third kappa shape index (κ3) is 3.39. The van der Waals surface area contributed by atoms with Crippen molar-refractivity contribution < 1.29 is 9.90 Å². The second kappa shape index (κ2) is 7.39. The van der Waals surface area contributed by atoms with Crippen LogP contribution in [0.3, 0.4) is 0 Å². The molecule has 0 radical (unpaired) electrons. The lowest BCUT2D eigenvalue weighted by Gasteiger charge is -2.19. The van der Waals surface area contributed by atoms with E-state index >= 15 is 0 Å². The Kier molecular flexibility index (Phi) is 4.79. The van der Waals surface area contributed by atoms with Crippen molar-refractivity contribution in [3.63, 3.8) is 0 Å². The van der Waals surface area contributed by atoms with Crippen molar-refractivity contribution in [2.75, 3.05) is 0 Å². The molecular weight excluding hydrogens is 356 g/mol. The van der Waals surface area contributed by atoms with Gasteiger partial charge in [0.25, 0.3) is 0 Å². The summed E-state index contributed by atoms with van der Waals surface area (Å²) in [5.74, 6) is -0.900. The van der Waals surface area contributed by atoms with Crippen LogP contribution < -0.4 is 5.73 Å². The summed E-state index contributed by atoms with van der Waals surface area (Å²) in [6.45, 7) is 0. The quantitative estimate of drug-likeness (QED) is 0.480. The summed E-state index contributed by atoms with van der Waals surface area (Å²) in [7, 11) is 0. The van der Waals surface area contributed by atoms with E-state index in [0.29, 0.717) is 0 Å². The zero-order valence-corrected chi connectivity index (χ0v) is 15.3. The molecule has 1 unspecified atom stereocenters. The van der Waals surface area contributed by atoms with E-state index in [1.807, 2.05) is 54.6 Å². The van der Waals surface area contributed by atoms with Crippen LogP contribution in [-0.4, -0.2) is 16.1 Å². The lowest BCUT2D eigenvalue weighted by Crippen LogP contribution is -2.16. The van der Waals surface area contributed by atoms with E-state index in [1.54, 1.807) is 18.0 Å². The molecule has 4 aromatic rings. The minimum Gasteiger partial charge on any atom is -0.481 e. The molecule has 27 heavy (non-hydrogen) atoms. The first-order chi connectivity index (χ1) is 13.1. The number of aromatic nitrogens is 1. The molecule has 0 aliphatic rings. The number of aliphatic carboxylic acids is 1. The van der Waals surface area contributed by atoms with Gasteiger partial charge < -0.3 is 10.8 Å². The Morgan fingerprint density at radius 3 is 2.00 bits per heavy atom. The summed E-state index contributed by atoms with van der Waals surface area (Å²) < 4.78 is 0. The summed E-state index contributed by atoms with van der Waals surface area (Å²) in [4.78, 5) is 16.8. The highest BCUT2D eigenvalue weighted by atomic mass is 32.2. The predicted molar refractivity (Wildman–Crippen MR) is 109 cm³/mol.